The number of rotatable bonds is 0. The Kier molecular flexibility index (Phi) is 5.40. The van der Waals surface area contributed by atoms with Gasteiger partial charge in [-0.2, -0.15) is 18.2 Å². The summed E-state index contributed by atoms with van der Waals surface area (Å²) >= 11 is 5.28. The molecule has 0 heterocycles. The third kappa shape index (κ3) is 3.12. The van der Waals surface area contributed by atoms with Crippen LogP contribution in [0.2, 0.25) is 5.02 Å². The molecule has 0 aliphatic carbocycles. The fraction of sp³-hybridized carbons (Fsp3) is 0. The van der Waals surface area contributed by atoms with Crippen molar-refractivity contribution in [3.63, 3.8) is 0 Å². The predicted octanol–water partition coefficient (Wildman–Crippen LogP) is -0.717. The molecule has 0 atom stereocenters. The van der Waals surface area contributed by atoms with Crippen LogP contribution in [0, 0.1) is 11.9 Å². The largest absolute Gasteiger partial charge is 1.00 e. The third-order valence-electron chi connectivity index (χ3n) is 0.759. The Balaban J connectivity index is 0.000000640. The number of hydrogen-bond donors (Lipinski definition) is 0. The van der Waals surface area contributed by atoms with E-state index in [4.69, 9.17) is 11.6 Å². The molecule has 0 spiro atoms. The van der Waals surface area contributed by atoms with Crippen molar-refractivity contribution < 1.29 is 55.8 Å². The van der Waals surface area contributed by atoms with Crippen molar-refractivity contribution in [2.75, 3.05) is 0 Å². The minimum Gasteiger partial charge on any atom is -0.283 e. The van der Waals surface area contributed by atoms with Crippen molar-refractivity contribution in [2.24, 2.45) is 0 Å². The van der Waals surface area contributed by atoms with Crippen molar-refractivity contribution in [2.45, 2.75) is 0 Å². The Morgan fingerprint density at radius 2 is 2.22 bits per heavy atom. The van der Waals surface area contributed by atoms with Crippen molar-refractivity contribution in [3.8, 4) is 0 Å². The van der Waals surface area contributed by atoms with Gasteiger partial charge in [0.25, 0.3) is 0 Å². The van der Waals surface area contributed by atoms with Crippen LogP contribution in [0.3, 0.4) is 0 Å². The van der Waals surface area contributed by atoms with Gasteiger partial charge in [-0.15, -0.1) is 17.7 Å². The van der Waals surface area contributed by atoms with Crippen molar-refractivity contribution >= 4 is 11.6 Å². The van der Waals surface area contributed by atoms with E-state index in [-0.39, 0.29) is 56.4 Å². The average Bonchev–Trinajstić information content (AvgIpc) is 1.77. The first-order valence-electron chi connectivity index (χ1n) is 2.12. The van der Waals surface area contributed by atoms with Gasteiger partial charge in [-0.05, 0) is 5.02 Å². The van der Waals surface area contributed by atoms with Crippen LogP contribution in [0.25, 0.3) is 0 Å². The summed E-state index contributed by atoms with van der Waals surface area (Å²) in [5.74, 6) is -0.422. The predicted molar refractivity (Wildman–Crippen MR) is 30.2 cm³/mol. The van der Waals surface area contributed by atoms with E-state index >= 15 is 0 Å². The quantitative estimate of drug-likeness (QED) is 0.355. The van der Waals surface area contributed by atoms with Gasteiger partial charge in [-0.25, -0.2) is 0 Å². The van der Waals surface area contributed by atoms with Gasteiger partial charge in [0, 0.05) is 5.82 Å². The van der Waals surface area contributed by atoms with Crippen molar-refractivity contribution in [1.29, 1.82) is 0 Å². The number of benzene rings is 1. The van der Waals surface area contributed by atoms with Crippen LogP contribution in [-0.2, 0) is 0 Å². The average molecular weight is 169 g/mol. The molecule has 0 bridgehead atoms. The molecule has 0 nitrogen and oxygen atoms in total. The fourth-order valence-electron chi connectivity index (χ4n) is 0.396. The summed E-state index contributed by atoms with van der Waals surface area (Å²) in [7, 11) is 0. The molecule has 0 fully saturated rings. The first-order chi connectivity index (χ1) is 3.80. The molecule has 0 aliphatic heterocycles. The fourth-order valence-corrected chi connectivity index (χ4v) is 0.522. The van der Waals surface area contributed by atoms with E-state index in [1.807, 2.05) is 0 Å². The van der Waals surface area contributed by atoms with Gasteiger partial charge in [0.05, 0.1) is 0 Å². The zero-order valence-electron chi connectivity index (χ0n) is 4.99. The summed E-state index contributed by atoms with van der Waals surface area (Å²) in [6, 6.07) is 6.88. The molecule has 0 radical (unpaired) electrons. The second-order valence-corrected chi connectivity index (χ2v) is 1.71. The minimum absolute atomic E-state index is 0. The normalized spacial score (nSPS) is 8.22. The number of halogens is 2. The second kappa shape index (κ2) is 4.83. The molecule has 0 amide bonds. The van der Waals surface area contributed by atoms with E-state index in [1.54, 1.807) is 12.1 Å². The summed E-state index contributed by atoms with van der Waals surface area (Å²) in [6.07, 6.45) is 0. The molecule has 1 rings (SSSR count). The zero-order valence-corrected chi connectivity index (χ0v) is 8.87. The topological polar surface area (TPSA) is 0 Å². The van der Waals surface area contributed by atoms with Crippen LogP contribution in [-0.4, -0.2) is 0 Å². The van der Waals surface area contributed by atoms with Crippen LogP contribution in [0.15, 0.2) is 18.2 Å². The Labute approximate surface area is 101 Å². The first kappa shape index (κ1) is 10.1. The van der Waals surface area contributed by atoms with Crippen LogP contribution in [0.4, 0.5) is 4.39 Å². The van der Waals surface area contributed by atoms with Crippen LogP contribution in [0.5, 0.6) is 0 Å². The van der Waals surface area contributed by atoms with Gasteiger partial charge in [-0.3, -0.25) is 4.39 Å². The standard InChI is InChI=1S/C6H3ClF.K/c7-5-3-1-2-4-6(5)8;/h1-2,4H;/q-1;+1. The third-order valence-corrected chi connectivity index (χ3v) is 1.05. The molecule has 0 saturated heterocycles. The maximum Gasteiger partial charge on any atom is 1.00 e. The molecular formula is C6H3ClFK. The van der Waals surface area contributed by atoms with Crippen LogP contribution >= 0.6 is 11.6 Å². The van der Waals surface area contributed by atoms with Crippen molar-refractivity contribution in [3.05, 3.63) is 35.1 Å². The van der Waals surface area contributed by atoms with Crippen LogP contribution in [0.1, 0.15) is 0 Å². The molecule has 42 valence electrons. The summed E-state index contributed by atoms with van der Waals surface area (Å²) in [6.45, 7) is 0. The molecule has 0 saturated carbocycles. The molecule has 0 unspecified atom stereocenters. The van der Waals surface area contributed by atoms with E-state index < -0.39 is 5.82 Å². The van der Waals surface area contributed by atoms with E-state index in [9.17, 15) is 4.39 Å². The van der Waals surface area contributed by atoms with Gasteiger partial charge in [0.2, 0.25) is 0 Å². The monoisotopic (exact) mass is 168 g/mol. The van der Waals surface area contributed by atoms with Gasteiger partial charge in [0.15, 0.2) is 0 Å². The summed E-state index contributed by atoms with van der Waals surface area (Å²) in [4.78, 5) is 0. The second-order valence-electron chi connectivity index (χ2n) is 1.33. The zero-order chi connectivity index (χ0) is 5.98. The number of hydrogen-bond acceptors (Lipinski definition) is 0. The summed E-state index contributed by atoms with van der Waals surface area (Å²) in [5, 5.41) is 0.0486. The van der Waals surface area contributed by atoms with E-state index in [1.165, 1.54) is 6.07 Å². The molecule has 3 heteroatoms. The van der Waals surface area contributed by atoms with E-state index in [2.05, 4.69) is 6.07 Å². The van der Waals surface area contributed by atoms with Gasteiger partial charge in [-0.1, -0.05) is 0 Å². The molecule has 1 aromatic rings. The van der Waals surface area contributed by atoms with E-state index in [0.717, 1.165) is 0 Å². The maximum atomic E-state index is 12.2. The molecule has 1 aromatic carbocycles. The smallest absolute Gasteiger partial charge is 0.283 e. The van der Waals surface area contributed by atoms with Crippen molar-refractivity contribution in [1.82, 2.24) is 0 Å². The summed E-state index contributed by atoms with van der Waals surface area (Å²) < 4.78 is 12.2. The maximum absolute atomic E-state index is 12.2. The first-order valence-corrected chi connectivity index (χ1v) is 2.50. The van der Waals surface area contributed by atoms with Gasteiger partial charge < -0.3 is 0 Å². The molecule has 0 aromatic heterocycles. The Bertz CT molecular complexity index is 169. The molecular weight excluding hydrogens is 166 g/mol. The Morgan fingerprint density at radius 1 is 1.56 bits per heavy atom. The molecule has 0 aliphatic rings. The molecule has 0 N–H and O–H groups in total. The summed E-state index contributed by atoms with van der Waals surface area (Å²) in [5.41, 5.74) is 0. The molecule has 9 heavy (non-hydrogen) atoms. The van der Waals surface area contributed by atoms with Crippen LogP contribution < -0.4 is 51.4 Å². The van der Waals surface area contributed by atoms with Gasteiger partial charge >= 0.3 is 51.4 Å². The minimum atomic E-state index is -0.422. The SMILES string of the molecule is Fc1ccc[c-]c1Cl.[K+]. The van der Waals surface area contributed by atoms with E-state index in [0.29, 0.717) is 0 Å². The van der Waals surface area contributed by atoms with Gasteiger partial charge in [0.1, 0.15) is 0 Å². The Hall–Kier alpha value is 1.08. The Morgan fingerprint density at radius 3 is 2.56 bits per heavy atom.